The molecule has 96 valence electrons. The van der Waals surface area contributed by atoms with Crippen LogP contribution in [-0.4, -0.2) is 33.7 Å². The van der Waals surface area contributed by atoms with Crippen LogP contribution >= 0.6 is 0 Å². The minimum Gasteiger partial charge on any atom is -0.337 e. The summed E-state index contributed by atoms with van der Waals surface area (Å²) < 4.78 is 1.67. The predicted molar refractivity (Wildman–Crippen MR) is 68.9 cm³/mol. The van der Waals surface area contributed by atoms with E-state index in [-0.39, 0.29) is 5.91 Å². The Hall–Kier alpha value is -1.32. The Bertz CT molecular complexity index is 338. The fraction of sp³-hybridized carbons (Fsp3) is 0.692. The maximum Gasteiger partial charge on any atom is 0.274 e. The molecule has 17 heavy (non-hydrogen) atoms. The Labute approximate surface area is 104 Å². The third-order valence-corrected chi connectivity index (χ3v) is 2.78. The molecule has 0 N–H and O–H groups in total. The largest absolute Gasteiger partial charge is 0.337 e. The summed E-state index contributed by atoms with van der Waals surface area (Å²) in [7, 11) is 1.83. The lowest BCUT2D eigenvalue weighted by Crippen LogP contribution is -2.33. The quantitative estimate of drug-likeness (QED) is 0.730. The number of unbranched alkanes of at least 4 members (excludes halogenated alkanes) is 2. The third-order valence-electron chi connectivity index (χ3n) is 2.78. The Morgan fingerprint density at radius 3 is 2.29 bits per heavy atom. The van der Waals surface area contributed by atoms with Crippen molar-refractivity contribution in [3.8, 4) is 0 Å². The summed E-state index contributed by atoms with van der Waals surface area (Å²) in [6.07, 6.45) is 6.14. The Morgan fingerprint density at radius 2 is 1.88 bits per heavy atom. The van der Waals surface area contributed by atoms with Gasteiger partial charge in [0.1, 0.15) is 5.69 Å². The molecular formula is C13H23N3O. The number of rotatable bonds is 7. The zero-order valence-electron chi connectivity index (χ0n) is 11.1. The zero-order valence-corrected chi connectivity index (χ0v) is 11.1. The summed E-state index contributed by atoms with van der Waals surface area (Å²) in [5, 5.41) is 4.17. The Balaban J connectivity index is 2.64. The van der Waals surface area contributed by atoms with Crippen molar-refractivity contribution < 1.29 is 4.79 Å². The highest BCUT2D eigenvalue weighted by molar-refractivity contribution is 5.92. The molecule has 0 bridgehead atoms. The number of carbonyl (C=O) groups is 1. The molecule has 0 aliphatic rings. The van der Waals surface area contributed by atoms with Gasteiger partial charge in [0.25, 0.3) is 5.91 Å². The number of hydrogen-bond acceptors (Lipinski definition) is 2. The molecule has 0 atom stereocenters. The first kappa shape index (κ1) is 13.7. The minimum atomic E-state index is 0.0625. The molecule has 0 unspecified atom stereocenters. The molecule has 0 spiro atoms. The number of nitrogens with zero attached hydrogens (tertiary/aromatic N) is 3. The van der Waals surface area contributed by atoms with E-state index in [4.69, 9.17) is 0 Å². The third kappa shape index (κ3) is 4.21. The maximum absolute atomic E-state index is 12.2. The molecule has 0 aliphatic heterocycles. The fourth-order valence-corrected chi connectivity index (χ4v) is 1.70. The number of carbonyl (C=O) groups excluding carboxylic acids is 1. The lowest BCUT2D eigenvalue weighted by atomic mass is 10.2. The van der Waals surface area contributed by atoms with Gasteiger partial charge in [0.2, 0.25) is 0 Å². The van der Waals surface area contributed by atoms with Crippen LogP contribution in [0.2, 0.25) is 0 Å². The van der Waals surface area contributed by atoms with Crippen molar-refractivity contribution in [1.82, 2.24) is 14.7 Å². The first-order valence-electron chi connectivity index (χ1n) is 6.48. The summed E-state index contributed by atoms with van der Waals surface area (Å²) >= 11 is 0. The average Bonchev–Trinajstić information content (AvgIpc) is 2.75. The van der Waals surface area contributed by atoms with Gasteiger partial charge in [-0.3, -0.25) is 9.48 Å². The molecule has 0 saturated heterocycles. The highest BCUT2D eigenvalue weighted by atomic mass is 16.2. The molecule has 1 heterocycles. The monoisotopic (exact) mass is 237 g/mol. The van der Waals surface area contributed by atoms with E-state index < -0.39 is 0 Å². The van der Waals surface area contributed by atoms with E-state index in [1.165, 1.54) is 0 Å². The van der Waals surface area contributed by atoms with Gasteiger partial charge in [0.05, 0.1) is 0 Å². The van der Waals surface area contributed by atoms with Crippen LogP contribution in [0.1, 0.15) is 50.0 Å². The topological polar surface area (TPSA) is 38.1 Å². The molecule has 1 aromatic heterocycles. The molecule has 0 saturated carbocycles. The number of aromatic nitrogens is 2. The highest BCUT2D eigenvalue weighted by Crippen LogP contribution is 2.06. The van der Waals surface area contributed by atoms with E-state index in [1.54, 1.807) is 10.7 Å². The molecular weight excluding hydrogens is 214 g/mol. The summed E-state index contributed by atoms with van der Waals surface area (Å²) in [4.78, 5) is 14.1. The minimum absolute atomic E-state index is 0.0625. The lowest BCUT2D eigenvalue weighted by Gasteiger charge is -2.21. The standard InChI is InChI=1S/C13H23N3O/c1-4-6-9-16(10-7-5-2)13(17)12-8-11-15(3)14-12/h8,11H,4-7,9-10H2,1-3H3. The van der Waals surface area contributed by atoms with Crippen LogP contribution in [0, 0.1) is 0 Å². The van der Waals surface area contributed by atoms with E-state index in [0.717, 1.165) is 38.8 Å². The maximum atomic E-state index is 12.2. The first-order valence-corrected chi connectivity index (χ1v) is 6.48. The summed E-state index contributed by atoms with van der Waals surface area (Å²) in [5.74, 6) is 0.0625. The van der Waals surface area contributed by atoms with Crippen molar-refractivity contribution in [3.63, 3.8) is 0 Å². The number of amides is 1. The summed E-state index contributed by atoms with van der Waals surface area (Å²) in [6.45, 7) is 5.96. The van der Waals surface area contributed by atoms with E-state index >= 15 is 0 Å². The van der Waals surface area contributed by atoms with Gasteiger partial charge in [0, 0.05) is 26.3 Å². The van der Waals surface area contributed by atoms with Gasteiger partial charge in [-0.2, -0.15) is 5.10 Å². The molecule has 0 fully saturated rings. The summed E-state index contributed by atoms with van der Waals surface area (Å²) in [5.41, 5.74) is 0.555. The van der Waals surface area contributed by atoms with Crippen molar-refractivity contribution in [1.29, 1.82) is 0 Å². The number of hydrogen-bond donors (Lipinski definition) is 0. The van der Waals surface area contributed by atoms with Crippen molar-refractivity contribution in [3.05, 3.63) is 18.0 Å². The fourth-order valence-electron chi connectivity index (χ4n) is 1.70. The van der Waals surface area contributed by atoms with Gasteiger partial charge >= 0.3 is 0 Å². The molecule has 1 aromatic rings. The van der Waals surface area contributed by atoms with E-state index in [1.807, 2.05) is 18.1 Å². The van der Waals surface area contributed by atoms with Gasteiger partial charge in [-0.25, -0.2) is 0 Å². The molecule has 0 aliphatic carbocycles. The summed E-state index contributed by atoms with van der Waals surface area (Å²) in [6, 6.07) is 1.78. The molecule has 1 amide bonds. The first-order chi connectivity index (χ1) is 8.19. The van der Waals surface area contributed by atoms with Crippen LogP contribution in [0.4, 0.5) is 0 Å². The Kier molecular flexibility index (Phi) is 5.73. The van der Waals surface area contributed by atoms with Crippen LogP contribution in [0.25, 0.3) is 0 Å². The second kappa shape index (κ2) is 7.09. The molecule has 0 radical (unpaired) electrons. The van der Waals surface area contributed by atoms with Crippen LogP contribution in [0.15, 0.2) is 12.3 Å². The normalized spacial score (nSPS) is 10.5. The Morgan fingerprint density at radius 1 is 1.29 bits per heavy atom. The van der Waals surface area contributed by atoms with Crippen molar-refractivity contribution in [2.75, 3.05) is 13.1 Å². The second-order valence-electron chi connectivity index (χ2n) is 4.37. The van der Waals surface area contributed by atoms with Crippen molar-refractivity contribution >= 4 is 5.91 Å². The van der Waals surface area contributed by atoms with E-state index in [9.17, 15) is 4.79 Å². The van der Waals surface area contributed by atoms with Crippen LogP contribution in [0.3, 0.4) is 0 Å². The van der Waals surface area contributed by atoms with Crippen molar-refractivity contribution in [2.45, 2.75) is 39.5 Å². The molecule has 0 aromatic carbocycles. The molecule has 4 nitrogen and oxygen atoms in total. The predicted octanol–water partition coefficient (Wildman–Crippen LogP) is 2.46. The molecule has 4 heteroatoms. The highest BCUT2D eigenvalue weighted by Gasteiger charge is 2.16. The van der Waals surface area contributed by atoms with Gasteiger partial charge in [-0.05, 0) is 18.9 Å². The second-order valence-corrected chi connectivity index (χ2v) is 4.37. The number of aryl methyl sites for hydroxylation is 1. The van der Waals surface area contributed by atoms with E-state index in [2.05, 4.69) is 18.9 Å². The van der Waals surface area contributed by atoms with Gasteiger partial charge in [-0.1, -0.05) is 26.7 Å². The lowest BCUT2D eigenvalue weighted by molar-refractivity contribution is 0.0744. The van der Waals surface area contributed by atoms with Crippen LogP contribution in [-0.2, 0) is 7.05 Å². The molecule has 1 rings (SSSR count). The van der Waals surface area contributed by atoms with Crippen molar-refractivity contribution in [2.24, 2.45) is 7.05 Å². The zero-order chi connectivity index (χ0) is 12.7. The van der Waals surface area contributed by atoms with E-state index in [0.29, 0.717) is 5.69 Å². The SMILES string of the molecule is CCCCN(CCCC)C(=O)c1ccn(C)n1. The van der Waals surface area contributed by atoms with Crippen LogP contribution in [0.5, 0.6) is 0 Å². The average molecular weight is 237 g/mol. The van der Waals surface area contributed by atoms with Gasteiger partial charge in [-0.15, -0.1) is 0 Å². The van der Waals surface area contributed by atoms with Crippen LogP contribution < -0.4 is 0 Å². The van der Waals surface area contributed by atoms with Gasteiger partial charge < -0.3 is 4.90 Å². The van der Waals surface area contributed by atoms with Gasteiger partial charge in [0.15, 0.2) is 0 Å². The smallest absolute Gasteiger partial charge is 0.274 e.